The van der Waals surface area contributed by atoms with Gasteiger partial charge in [0, 0.05) is 19.2 Å². The van der Waals surface area contributed by atoms with Gasteiger partial charge in [0.2, 0.25) is 5.90 Å². The quantitative estimate of drug-likeness (QED) is 0.726. The first-order chi connectivity index (χ1) is 12.4. The lowest BCUT2D eigenvalue weighted by molar-refractivity contribution is 0.238. The molecule has 26 heavy (non-hydrogen) atoms. The maximum absolute atomic E-state index is 12.5. The van der Waals surface area contributed by atoms with Crippen molar-refractivity contribution in [3.63, 3.8) is 0 Å². The second kappa shape index (κ2) is 7.36. The van der Waals surface area contributed by atoms with Crippen molar-refractivity contribution in [1.29, 1.82) is 0 Å². The normalized spacial score (nSPS) is 22.8. The lowest BCUT2D eigenvalue weighted by Gasteiger charge is -2.20. The summed E-state index contributed by atoms with van der Waals surface area (Å²) < 4.78 is 32.2. The molecule has 1 aromatic carbocycles. The molecule has 1 aromatic rings. The summed E-state index contributed by atoms with van der Waals surface area (Å²) in [4.78, 5) is 16.0. The van der Waals surface area contributed by atoms with Crippen LogP contribution in [0.15, 0.2) is 40.4 Å². The van der Waals surface area contributed by atoms with Crippen molar-refractivity contribution in [1.82, 2.24) is 10.0 Å². The number of sulfonamides is 1. The molecule has 0 spiro atoms. The Bertz CT molecular complexity index is 863. The molecule has 2 unspecified atom stereocenters. The average Bonchev–Trinajstić information content (AvgIpc) is 2.91. The molecule has 0 bridgehead atoms. The van der Waals surface area contributed by atoms with Crippen LogP contribution < -0.4 is 15.8 Å². The maximum atomic E-state index is 12.5. The molecule has 0 fully saturated rings. The second-order valence-electron chi connectivity index (χ2n) is 6.36. The summed E-state index contributed by atoms with van der Waals surface area (Å²) in [6.07, 6.45) is 2.41. The molecular weight excluding hydrogens is 356 g/mol. The van der Waals surface area contributed by atoms with Gasteiger partial charge < -0.3 is 15.8 Å². The molecular formula is C17H22N4O4S. The number of hydrogen-bond donors (Lipinski definition) is 3. The van der Waals surface area contributed by atoms with Crippen LogP contribution >= 0.6 is 0 Å². The Morgan fingerprint density at radius 1 is 1.38 bits per heavy atom. The van der Waals surface area contributed by atoms with Crippen molar-refractivity contribution in [3.05, 3.63) is 46.5 Å². The SMILES string of the molecule is CC1Cc2ccccc2C1NC(=O)NS(=O)(=O)C(=CN)C1=NCCCO1. The van der Waals surface area contributed by atoms with Gasteiger partial charge in [0.15, 0.2) is 4.91 Å². The molecule has 2 aliphatic rings. The third-order valence-electron chi connectivity index (χ3n) is 4.46. The van der Waals surface area contributed by atoms with Gasteiger partial charge in [0.25, 0.3) is 10.0 Å². The largest absolute Gasteiger partial charge is 0.477 e. The summed E-state index contributed by atoms with van der Waals surface area (Å²) in [6.45, 7) is 2.81. The van der Waals surface area contributed by atoms with Crippen LogP contribution in [0, 0.1) is 5.92 Å². The van der Waals surface area contributed by atoms with Crippen molar-refractivity contribution in [2.75, 3.05) is 13.2 Å². The molecule has 2 atom stereocenters. The van der Waals surface area contributed by atoms with E-state index in [0.29, 0.717) is 19.6 Å². The minimum atomic E-state index is -4.19. The molecule has 1 aliphatic carbocycles. The minimum absolute atomic E-state index is 0.0707. The predicted molar refractivity (Wildman–Crippen MR) is 97.8 cm³/mol. The summed E-state index contributed by atoms with van der Waals surface area (Å²) in [6, 6.07) is 6.73. The number of carbonyl (C=O) groups is 1. The van der Waals surface area contributed by atoms with Gasteiger partial charge in [-0.25, -0.2) is 17.9 Å². The van der Waals surface area contributed by atoms with Gasteiger partial charge in [-0.05, 0) is 23.5 Å². The van der Waals surface area contributed by atoms with Crippen LogP contribution in [0.1, 0.15) is 30.5 Å². The van der Waals surface area contributed by atoms with E-state index in [4.69, 9.17) is 10.5 Å². The highest BCUT2D eigenvalue weighted by molar-refractivity contribution is 7.94. The van der Waals surface area contributed by atoms with Crippen molar-refractivity contribution in [3.8, 4) is 0 Å². The molecule has 0 saturated carbocycles. The van der Waals surface area contributed by atoms with E-state index in [1.165, 1.54) is 0 Å². The molecule has 1 aliphatic heterocycles. The third-order valence-corrected chi connectivity index (χ3v) is 5.81. The highest BCUT2D eigenvalue weighted by Gasteiger charge is 2.32. The third kappa shape index (κ3) is 3.67. The van der Waals surface area contributed by atoms with E-state index in [1.807, 2.05) is 35.9 Å². The van der Waals surface area contributed by atoms with Crippen LogP contribution in [0.5, 0.6) is 0 Å². The Morgan fingerprint density at radius 3 is 2.85 bits per heavy atom. The number of aliphatic imine (C=N–C) groups is 1. The van der Waals surface area contributed by atoms with E-state index in [0.717, 1.165) is 23.7 Å². The maximum Gasteiger partial charge on any atom is 0.329 e. The number of nitrogens with one attached hydrogen (secondary N) is 2. The summed E-state index contributed by atoms with van der Waals surface area (Å²) in [7, 11) is -4.19. The Kier molecular flexibility index (Phi) is 5.17. The molecule has 9 heteroatoms. The standard InChI is InChI=1S/C17H22N4O4S/c1-11-9-12-5-2-3-6-13(12)15(11)20-17(22)21-26(23,24)14(10-18)16-19-7-4-8-25-16/h2-3,5-6,10-11,15H,4,7-9,18H2,1H3,(H2,20,21,22). The number of hydrogen-bond acceptors (Lipinski definition) is 6. The van der Waals surface area contributed by atoms with E-state index in [-0.39, 0.29) is 22.8 Å². The number of nitrogens with two attached hydrogens (primary N) is 1. The van der Waals surface area contributed by atoms with Crippen LogP contribution in [0.4, 0.5) is 4.79 Å². The first kappa shape index (κ1) is 18.2. The van der Waals surface area contributed by atoms with Gasteiger partial charge in [0.1, 0.15) is 0 Å². The van der Waals surface area contributed by atoms with Crippen LogP contribution in [-0.4, -0.2) is 33.5 Å². The summed E-state index contributed by atoms with van der Waals surface area (Å²) >= 11 is 0. The fraction of sp³-hybridized carbons (Fsp3) is 0.412. The Labute approximate surface area is 152 Å². The van der Waals surface area contributed by atoms with Crippen molar-refractivity contribution in [2.24, 2.45) is 16.6 Å². The van der Waals surface area contributed by atoms with E-state index in [9.17, 15) is 13.2 Å². The van der Waals surface area contributed by atoms with Crippen molar-refractivity contribution in [2.45, 2.75) is 25.8 Å². The second-order valence-corrected chi connectivity index (χ2v) is 8.01. The fourth-order valence-corrected chi connectivity index (χ4v) is 4.19. The molecule has 140 valence electrons. The fourth-order valence-electron chi connectivity index (χ4n) is 3.25. The van der Waals surface area contributed by atoms with Crippen LogP contribution in [0.2, 0.25) is 0 Å². The zero-order valence-corrected chi connectivity index (χ0v) is 15.3. The lowest BCUT2D eigenvalue weighted by atomic mass is 10.0. The van der Waals surface area contributed by atoms with E-state index >= 15 is 0 Å². The van der Waals surface area contributed by atoms with Crippen molar-refractivity contribution < 1.29 is 17.9 Å². The number of benzene rings is 1. The number of urea groups is 1. The van der Waals surface area contributed by atoms with E-state index < -0.39 is 16.1 Å². The van der Waals surface area contributed by atoms with Gasteiger partial charge in [0.05, 0.1) is 12.6 Å². The number of fused-ring (bicyclic) bond motifs is 1. The van der Waals surface area contributed by atoms with Gasteiger partial charge in [-0.15, -0.1) is 0 Å². The first-order valence-corrected chi connectivity index (χ1v) is 9.91. The van der Waals surface area contributed by atoms with Gasteiger partial charge in [-0.2, -0.15) is 0 Å². The number of ether oxygens (including phenoxy) is 1. The highest BCUT2D eigenvalue weighted by atomic mass is 32.2. The van der Waals surface area contributed by atoms with Gasteiger partial charge in [-0.1, -0.05) is 31.2 Å². The summed E-state index contributed by atoms with van der Waals surface area (Å²) in [5.74, 6) is 0.0926. The Morgan fingerprint density at radius 2 is 2.15 bits per heavy atom. The van der Waals surface area contributed by atoms with E-state index in [2.05, 4.69) is 10.3 Å². The molecule has 0 aromatic heterocycles. The zero-order chi connectivity index (χ0) is 18.7. The number of rotatable bonds is 4. The average molecular weight is 378 g/mol. The molecule has 8 nitrogen and oxygen atoms in total. The lowest BCUT2D eigenvalue weighted by Crippen LogP contribution is -2.43. The summed E-state index contributed by atoms with van der Waals surface area (Å²) in [5, 5.41) is 2.74. The molecule has 1 heterocycles. The number of amides is 2. The molecule has 4 N–H and O–H groups in total. The Balaban J connectivity index is 1.72. The number of carbonyl (C=O) groups excluding carboxylic acids is 1. The monoisotopic (exact) mass is 378 g/mol. The topological polar surface area (TPSA) is 123 Å². The van der Waals surface area contributed by atoms with E-state index in [1.54, 1.807) is 0 Å². The first-order valence-electron chi connectivity index (χ1n) is 8.43. The highest BCUT2D eigenvalue weighted by Crippen LogP contribution is 2.35. The smallest absolute Gasteiger partial charge is 0.329 e. The number of nitrogens with zero attached hydrogens (tertiary/aromatic N) is 1. The molecule has 0 saturated heterocycles. The molecule has 3 rings (SSSR count). The van der Waals surface area contributed by atoms with Crippen LogP contribution in [-0.2, 0) is 21.2 Å². The van der Waals surface area contributed by atoms with Crippen LogP contribution in [0.3, 0.4) is 0 Å². The van der Waals surface area contributed by atoms with Crippen molar-refractivity contribution >= 4 is 22.0 Å². The Hall–Kier alpha value is -2.55. The molecule has 0 radical (unpaired) electrons. The van der Waals surface area contributed by atoms with Gasteiger partial charge in [-0.3, -0.25) is 4.99 Å². The minimum Gasteiger partial charge on any atom is -0.477 e. The van der Waals surface area contributed by atoms with Gasteiger partial charge >= 0.3 is 6.03 Å². The van der Waals surface area contributed by atoms with Crippen LogP contribution in [0.25, 0.3) is 0 Å². The zero-order valence-electron chi connectivity index (χ0n) is 14.4. The molecule has 2 amide bonds. The predicted octanol–water partition coefficient (Wildman–Crippen LogP) is 1.17. The summed E-state index contributed by atoms with van der Waals surface area (Å²) in [5.41, 5.74) is 7.60.